The van der Waals surface area contributed by atoms with Crippen molar-refractivity contribution in [1.29, 1.82) is 0 Å². The second-order valence-electron chi connectivity index (χ2n) is 7.01. The lowest BCUT2D eigenvalue weighted by molar-refractivity contribution is -0.132. The quantitative estimate of drug-likeness (QED) is 0.472. The van der Waals surface area contributed by atoms with Gasteiger partial charge < -0.3 is 9.08 Å². The first kappa shape index (κ1) is 22.0. The third-order valence-corrected chi connectivity index (χ3v) is 6.55. The smallest absolute Gasteiger partial charge is 0.339 e. The zero-order valence-corrected chi connectivity index (χ0v) is 18.3. The molecule has 0 aliphatic rings. The van der Waals surface area contributed by atoms with Gasteiger partial charge in [0.15, 0.2) is 0 Å². The Kier molecular flexibility index (Phi) is 6.89. The summed E-state index contributed by atoms with van der Waals surface area (Å²) in [6, 6.07) is 14.8. The van der Waals surface area contributed by atoms with E-state index in [1.54, 1.807) is 17.0 Å². The summed E-state index contributed by atoms with van der Waals surface area (Å²) < 4.78 is 43.1. The SMILES string of the molecule is CC(C)N(Cc1cccc(OS(=O)(=O)c2ccc(F)cc2)c1)C(=O)Cc1cccs1. The molecule has 0 aliphatic heterocycles. The Labute approximate surface area is 179 Å². The van der Waals surface area contributed by atoms with E-state index in [4.69, 9.17) is 4.18 Å². The first-order valence-electron chi connectivity index (χ1n) is 9.35. The number of hydrogen-bond acceptors (Lipinski definition) is 5. The van der Waals surface area contributed by atoms with Crippen molar-refractivity contribution in [2.75, 3.05) is 0 Å². The van der Waals surface area contributed by atoms with Gasteiger partial charge in [-0.05, 0) is 67.3 Å². The Morgan fingerprint density at radius 2 is 1.83 bits per heavy atom. The Morgan fingerprint density at radius 1 is 1.10 bits per heavy atom. The van der Waals surface area contributed by atoms with Gasteiger partial charge >= 0.3 is 10.1 Å². The van der Waals surface area contributed by atoms with Gasteiger partial charge in [-0.15, -0.1) is 11.3 Å². The van der Waals surface area contributed by atoms with Gasteiger partial charge in [0.05, 0.1) is 6.42 Å². The maximum atomic E-state index is 13.1. The summed E-state index contributed by atoms with van der Waals surface area (Å²) in [7, 11) is -4.09. The van der Waals surface area contributed by atoms with Gasteiger partial charge in [0.2, 0.25) is 5.91 Å². The number of thiophene rings is 1. The van der Waals surface area contributed by atoms with Crippen LogP contribution in [0.1, 0.15) is 24.3 Å². The minimum Gasteiger partial charge on any atom is -0.379 e. The second kappa shape index (κ2) is 9.40. The molecule has 0 atom stereocenters. The first-order valence-corrected chi connectivity index (χ1v) is 11.6. The van der Waals surface area contributed by atoms with Crippen LogP contribution in [0.2, 0.25) is 0 Å². The van der Waals surface area contributed by atoms with Crippen LogP contribution >= 0.6 is 11.3 Å². The zero-order chi connectivity index (χ0) is 21.7. The average molecular weight is 448 g/mol. The third kappa shape index (κ3) is 5.67. The highest BCUT2D eigenvalue weighted by atomic mass is 32.2. The van der Waals surface area contributed by atoms with Gasteiger partial charge in [-0.1, -0.05) is 18.2 Å². The van der Waals surface area contributed by atoms with Gasteiger partial charge in [0, 0.05) is 17.5 Å². The summed E-state index contributed by atoms with van der Waals surface area (Å²) in [4.78, 5) is 15.4. The van der Waals surface area contributed by atoms with Crippen molar-refractivity contribution in [3.8, 4) is 5.75 Å². The Balaban J connectivity index is 1.75. The third-order valence-electron chi connectivity index (χ3n) is 4.41. The molecule has 1 aromatic heterocycles. The molecular weight excluding hydrogens is 425 g/mol. The van der Waals surface area contributed by atoms with E-state index >= 15 is 0 Å². The van der Waals surface area contributed by atoms with E-state index < -0.39 is 15.9 Å². The van der Waals surface area contributed by atoms with Crippen molar-refractivity contribution in [2.24, 2.45) is 0 Å². The maximum absolute atomic E-state index is 13.1. The van der Waals surface area contributed by atoms with Crippen molar-refractivity contribution in [3.05, 3.63) is 82.3 Å². The number of carbonyl (C=O) groups excluding carboxylic acids is 1. The molecule has 0 spiro atoms. The Bertz CT molecular complexity index is 1090. The number of nitrogens with zero attached hydrogens (tertiary/aromatic N) is 1. The molecule has 5 nitrogen and oxygen atoms in total. The maximum Gasteiger partial charge on any atom is 0.339 e. The summed E-state index contributed by atoms with van der Waals surface area (Å²) in [5.74, 6) is -0.402. The van der Waals surface area contributed by atoms with E-state index in [-0.39, 0.29) is 22.6 Å². The molecule has 158 valence electrons. The number of carbonyl (C=O) groups is 1. The van der Waals surface area contributed by atoms with Gasteiger partial charge in [-0.2, -0.15) is 8.42 Å². The van der Waals surface area contributed by atoms with Gasteiger partial charge in [-0.3, -0.25) is 4.79 Å². The van der Waals surface area contributed by atoms with E-state index in [0.717, 1.165) is 34.7 Å². The molecule has 30 heavy (non-hydrogen) atoms. The molecule has 0 N–H and O–H groups in total. The van der Waals surface area contributed by atoms with Gasteiger partial charge in [0.1, 0.15) is 16.5 Å². The molecule has 0 aliphatic carbocycles. The van der Waals surface area contributed by atoms with Gasteiger partial charge in [-0.25, -0.2) is 4.39 Å². The van der Waals surface area contributed by atoms with Crippen molar-refractivity contribution in [1.82, 2.24) is 4.90 Å². The number of amides is 1. The normalized spacial score (nSPS) is 11.5. The van der Waals surface area contributed by atoms with E-state index in [1.165, 1.54) is 17.4 Å². The predicted molar refractivity (Wildman–Crippen MR) is 114 cm³/mol. The molecule has 0 radical (unpaired) electrons. The molecule has 1 amide bonds. The van der Waals surface area contributed by atoms with Crippen molar-refractivity contribution >= 4 is 27.4 Å². The monoisotopic (exact) mass is 447 g/mol. The van der Waals surface area contributed by atoms with E-state index in [1.807, 2.05) is 37.4 Å². The highest BCUT2D eigenvalue weighted by Crippen LogP contribution is 2.22. The standard InChI is InChI=1S/C22H22FNO4S2/c1-16(2)24(22(25)14-20-7-4-12-29-20)15-17-5-3-6-19(13-17)28-30(26,27)21-10-8-18(23)9-11-21/h3-13,16H,14-15H2,1-2H3. The van der Waals surface area contributed by atoms with Crippen LogP contribution in [0.5, 0.6) is 5.75 Å². The minimum absolute atomic E-state index is 0.00212. The molecule has 0 saturated heterocycles. The lowest BCUT2D eigenvalue weighted by atomic mass is 10.1. The highest BCUT2D eigenvalue weighted by molar-refractivity contribution is 7.87. The molecule has 1 heterocycles. The fourth-order valence-corrected chi connectivity index (χ4v) is 4.51. The largest absolute Gasteiger partial charge is 0.379 e. The number of halogens is 1. The van der Waals surface area contributed by atoms with E-state index in [0.29, 0.717) is 13.0 Å². The average Bonchev–Trinajstić information content (AvgIpc) is 3.19. The van der Waals surface area contributed by atoms with Crippen LogP contribution in [-0.2, 0) is 27.9 Å². The Morgan fingerprint density at radius 3 is 2.47 bits per heavy atom. The predicted octanol–water partition coefficient (Wildman–Crippen LogP) is 4.63. The zero-order valence-electron chi connectivity index (χ0n) is 16.6. The van der Waals surface area contributed by atoms with Gasteiger partial charge in [0.25, 0.3) is 0 Å². The fraction of sp³-hybridized carbons (Fsp3) is 0.227. The lowest BCUT2D eigenvalue weighted by Crippen LogP contribution is -2.37. The van der Waals surface area contributed by atoms with E-state index in [9.17, 15) is 17.6 Å². The van der Waals surface area contributed by atoms with Crippen LogP contribution in [0.3, 0.4) is 0 Å². The van der Waals surface area contributed by atoms with Crippen LogP contribution in [-0.4, -0.2) is 25.3 Å². The minimum atomic E-state index is -4.09. The molecule has 3 rings (SSSR count). The number of rotatable bonds is 8. The topological polar surface area (TPSA) is 63.7 Å². The van der Waals surface area contributed by atoms with Crippen molar-refractivity contribution in [3.63, 3.8) is 0 Å². The second-order valence-corrected chi connectivity index (χ2v) is 9.59. The fourth-order valence-electron chi connectivity index (χ4n) is 2.89. The van der Waals surface area contributed by atoms with Crippen molar-refractivity contribution in [2.45, 2.75) is 37.8 Å². The Hall–Kier alpha value is -2.71. The molecule has 3 aromatic rings. The van der Waals surface area contributed by atoms with Crippen LogP contribution in [0.4, 0.5) is 4.39 Å². The summed E-state index contributed by atoms with van der Waals surface area (Å²) in [5, 5.41) is 1.94. The molecule has 0 bridgehead atoms. The summed E-state index contributed by atoms with van der Waals surface area (Å²) in [5.41, 5.74) is 0.745. The molecule has 2 aromatic carbocycles. The van der Waals surface area contributed by atoms with Crippen LogP contribution < -0.4 is 4.18 Å². The summed E-state index contributed by atoms with van der Waals surface area (Å²) >= 11 is 1.54. The highest BCUT2D eigenvalue weighted by Gasteiger charge is 2.20. The van der Waals surface area contributed by atoms with Crippen molar-refractivity contribution < 1.29 is 21.8 Å². The number of hydrogen-bond donors (Lipinski definition) is 0. The first-order chi connectivity index (χ1) is 14.2. The molecule has 0 unspecified atom stereocenters. The van der Waals surface area contributed by atoms with E-state index in [2.05, 4.69) is 0 Å². The summed E-state index contributed by atoms with van der Waals surface area (Å²) in [6.45, 7) is 4.20. The lowest BCUT2D eigenvalue weighted by Gasteiger charge is -2.27. The van der Waals surface area contributed by atoms with Crippen LogP contribution in [0.25, 0.3) is 0 Å². The molecule has 8 heteroatoms. The van der Waals surface area contributed by atoms with Crippen LogP contribution in [0.15, 0.2) is 70.9 Å². The summed E-state index contributed by atoms with van der Waals surface area (Å²) in [6.07, 6.45) is 0.324. The van der Waals surface area contributed by atoms with Crippen LogP contribution in [0, 0.1) is 5.82 Å². The number of benzene rings is 2. The molecule has 0 fully saturated rings. The molecular formula is C22H22FNO4S2. The molecule has 0 saturated carbocycles.